The number of hydrogen-bond acceptors (Lipinski definition) is 6. The summed E-state index contributed by atoms with van der Waals surface area (Å²) in [6.07, 6.45) is 1.41. The highest BCUT2D eigenvalue weighted by Crippen LogP contribution is 2.29. The molecule has 0 bridgehead atoms. The maximum atomic E-state index is 13.1. The molecular weight excluding hydrogens is 527 g/mol. The number of anilines is 1. The Balaban J connectivity index is 1.53. The van der Waals surface area contributed by atoms with Crippen LogP contribution >= 0.6 is 46.5 Å². The summed E-state index contributed by atoms with van der Waals surface area (Å²) >= 11 is 14.9. The summed E-state index contributed by atoms with van der Waals surface area (Å²) < 4.78 is 5.51. The lowest BCUT2D eigenvalue weighted by Gasteiger charge is -2.18. The number of amides is 2. The standard InChI is InChI=1S/C23H20Cl2N6O2S2/c1-3-30(2)21(26)13-4-6-15-17(10-13)27-12-31(22(15)32)18-7-5-14(11-16(18)24)28-23(33)29-35-20-9-8-19(25)34-20/h4-12,26H,3H2,1-2H3,(H2,28,29,33). The van der Waals surface area contributed by atoms with Crippen molar-refractivity contribution in [2.45, 2.75) is 11.1 Å². The Bertz CT molecular complexity index is 1490. The summed E-state index contributed by atoms with van der Waals surface area (Å²) in [6, 6.07) is 13.1. The maximum Gasteiger partial charge on any atom is 0.329 e. The first-order valence-corrected chi connectivity index (χ1v) is 12.8. The fourth-order valence-corrected chi connectivity index (χ4v) is 5.33. The Morgan fingerprint density at radius 1 is 1.20 bits per heavy atom. The van der Waals surface area contributed by atoms with Gasteiger partial charge in [0.15, 0.2) is 0 Å². The molecule has 8 nitrogen and oxygen atoms in total. The molecule has 0 fully saturated rings. The molecule has 3 N–H and O–H groups in total. The normalized spacial score (nSPS) is 10.9. The highest BCUT2D eigenvalue weighted by molar-refractivity contribution is 7.99. The van der Waals surface area contributed by atoms with Gasteiger partial charge in [-0.3, -0.25) is 19.5 Å². The molecule has 0 aliphatic heterocycles. The number of carbonyl (C=O) groups excluding carboxylic acids is 1. The Morgan fingerprint density at radius 2 is 2.00 bits per heavy atom. The van der Waals surface area contributed by atoms with Crippen LogP contribution in [-0.4, -0.2) is 39.9 Å². The highest BCUT2D eigenvalue weighted by Gasteiger charge is 2.13. The molecule has 0 saturated heterocycles. The van der Waals surface area contributed by atoms with E-state index in [4.69, 9.17) is 28.6 Å². The van der Waals surface area contributed by atoms with Gasteiger partial charge < -0.3 is 10.2 Å². The van der Waals surface area contributed by atoms with Crippen molar-refractivity contribution in [2.24, 2.45) is 0 Å². The molecular formula is C23H20Cl2N6O2S2. The van der Waals surface area contributed by atoms with Crippen molar-refractivity contribution in [3.05, 3.63) is 80.1 Å². The van der Waals surface area contributed by atoms with Crippen LogP contribution in [0.15, 0.2) is 63.9 Å². The number of carbonyl (C=O) groups is 1. The summed E-state index contributed by atoms with van der Waals surface area (Å²) in [4.78, 5) is 31.6. The van der Waals surface area contributed by atoms with E-state index in [9.17, 15) is 9.59 Å². The number of halogens is 2. The molecule has 12 heteroatoms. The molecule has 0 atom stereocenters. The van der Waals surface area contributed by atoms with E-state index in [2.05, 4.69) is 15.0 Å². The smallest absolute Gasteiger partial charge is 0.329 e. The molecule has 2 amide bonds. The van der Waals surface area contributed by atoms with Crippen molar-refractivity contribution in [2.75, 3.05) is 18.9 Å². The number of benzene rings is 2. The number of hydrogen-bond donors (Lipinski definition) is 3. The number of amidine groups is 1. The second kappa shape index (κ2) is 10.7. The molecule has 4 aromatic rings. The van der Waals surface area contributed by atoms with Crippen molar-refractivity contribution < 1.29 is 4.79 Å². The Morgan fingerprint density at radius 3 is 2.69 bits per heavy atom. The van der Waals surface area contributed by atoms with Gasteiger partial charge in [-0.15, -0.1) is 11.3 Å². The van der Waals surface area contributed by atoms with Crippen LogP contribution in [0, 0.1) is 5.41 Å². The van der Waals surface area contributed by atoms with Gasteiger partial charge in [0, 0.05) is 24.8 Å². The first-order valence-electron chi connectivity index (χ1n) is 10.4. The number of nitrogens with zero attached hydrogens (tertiary/aromatic N) is 3. The van der Waals surface area contributed by atoms with E-state index < -0.39 is 6.03 Å². The Hall–Kier alpha value is -3.05. The van der Waals surface area contributed by atoms with E-state index in [1.165, 1.54) is 22.2 Å². The minimum Gasteiger partial charge on any atom is -0.360 e. The fraction of sp³-hybridized carbons (Fsp3) is 0.130. The molecule has 180 valence electrons. The van der Waals surface area contributed by atoms with Gasteiger partial charge in [-0.1, -0.05) is 29.3 Å². The zero-order chi connectivity index (χ0) is 25.1. The summed E-state index contributed by atoms with van der Waals surface area (Å²) in [7, 11) is 1.83. The van der Waals surface area contributed by atoms with Gasteiger partial charge in [0.2, 0.25) is 0 Å². The van der Waals surface area contributed by atoms with Crippen LogP contribution in [0.4, 0.5) is 10.5 Å². The van der Waals surface area contributed by atoms with Crippen LogP contribution in [0.25, 0.3) is 16.6 Å². The molecule has 2 aromatic heterocycles. The monoisotopic (exact) mass is 546 g/mol. The van der Waals surface area contributed by atoms with Crippen LogP contribution in [0.2, 0.25) is 9.36 Å². The number of urea groups is 1. The van der Waals surface area contributed by atoms with E-state index in [0.29, 0.717) is 44.6 Å². The van der Waals surface area contributed by atoms with Crippen LogP contribution in [0.3, 0.4) is 0 Å². The molecule has 0 aliphatic rings. The molecule has 2 heterocycles. The van der Waals surface area contributed by atoms with Crippen LogP contribution in [0.1, 0.15) is 12.5 Å². The van der Waals surface area contributed by atoms with Gasteiger partial charge in [0.1, 0.15) is 12.2 Å². The predicted molar refractivity (Wildman–Crippen MR) is 145 cm³/mol. The highest BCUT2D eigenvalue weighted by atomic mass is 35.5. The summed E-state index contributed by atoms with van der Waals surface area (Å²) in [5.41, 5.74) is 1.78. The summed E-state index contributed by atoms with van der Waals surface area (Å²) in [5, 5.41) is 11.6. The fourth-order valence-electron chi connectivity index (χ4n) is 3.20. The lowest BCUT2D eigenvalue weighted by Crippen LogP contribution is -2.26. The second-order valence-corrected chi connectivity index (χ2v) is 10.6. The van der Waals surface area contributed by atoms with E-state index in [-0.39, 0.29) is 10.6 Å². The number of aromatic nitrogens is 2. The van der Waals surface area contributed by atoms with Gasteiger partial charge in [0.05, 0.1) is 30.2 Å². The third kappa shape index (κ3) is 5.62. The lowest BCUT2D eigenvalue weighted by molar-refractivity contribution is 0.257. The van der Waals surface area contributed by atoms with Crippen LogP contribution in [0.5, 0.6) is 0 Å². The number of thiophene rings is 1. The Labute approximate surface area is 219 Å². The largest absolute Gasteiger partial charge is 0.360 e. The first-order chi connectivity index (χ1) is 16.8. The third-order valence-corrected chi connectivity index (χ3v) is 7.60. The van der Waals surface area contributed by atoms with E-state index in [0.717, 1.165) is 16.2 Å². The quantitative estimate of drug-likeness (QED) is 0.159. The van der Waals surface area contributed by atoms with Gasteiger partial charge in [-0.2, -0.15) is 0 Å². The van der Waals surface area contributed by atoms with E-state index in [1.54, 1.807) is 47.4 Å². The molecule has 0 spiro atoms. The lowest BCUT2D eigenvalue weighted by atomic mass is 10.1. The van der Waals surface area contributed by atoms with Crippen molar-refractivity contribution in [1.82, 2.24) is 19.2 Å². The summed E-state index contributed by atoms with van der Waals surface area (Å²) in [5.74, 6) is 0.355. The minimum absolute atomic E-state index is 0.270. The number of fused-ring (bicyclic) bond motifs is 1. The Kier molecular flexibility index (Phi) is 7.66. The predicted octanol–water partition coefficient (Wildman–Crippen LogP) is 5.86. The number of rotatable bonds is 6. The molecule has 0 radical (unpaired) electrons. The molecule has 0 aliphatic carbocycles. The van der Waals surface area contributed by atoms with Crippen molar-refractivity contribution in [1.29, 1.82) is 5.41 Å². The van der Waals surface area contributed by atoms with Crippen LogP contribution < -0.4 is 15.6 Å². The average Bonchev–Trinajstić information content (AvgIpc) is 3.27. The van der Waals surface area contributed by atoms with Gasteiger partial charge in [-0.05, 0) is 61.3 Å². The molecule has 0 unspecified atom stereocenters. The molecule has 2 aromatic carbocycles. The SMILES string of the molecule is CCN(C)C(=N)c1ccc2c(=O)n(-c3ccc(NC(=O)NSc4ccc(Cl)s4)cc3Cl)cnc2c1. The van der Waals surface area contributed by atoms with Crippen LogP contribution in [-0.2, 0) is 0 Å². The zero-order valence-electron chi connectivity index (χ0n) is 18.6. The van der Waals surface area contributed by atoms with Crippen molar-refractivity contribution in [3.8, 4) is 5.69 Å². The van der Waals surface area contributed by atoms with Gasteiger partial charge in [-0.25, -0.2) is 9.78 Å². The van der Waals surface area contributed by atoms with Gasteiger partial charge >= 0.3 is 6.03 Å². The van der Waals surface area contributed by atoms with E-state index >= 15 is 0 Å². The third-order valence-electron chi connectivity index (χ3n) is 5.15. The maximum absolute atomic E-state index is 13.1. The topological polar surface area (TPSA) is 103 Å². The average molecular weight is 547 g/mol. The van der Waals surface area contributed by atoms with E-state index in [1.807, 2.05) is 20.0 Å². The second-order valence-electron chi connectivity index (χ2n) is 7.40. The zero-order valence-corrected chi connectivity index (χ0v) is 21.8. The first kappa shape index (κ1) is 25.1. The number of nitrogens with one attached hydrogen (secondary N) is 3. The summed E-state index contributed by atoms with van der Waals surface area (Å²) in [6.45, 7) is 2.66. The molecule has 4 rings (SSSR count). The van der Waals surface area contributed by atoms with Crippen molar-refractivity contribution >= 4 is 74.9 Å². The van der Waals surface area contributed by atoms with Gasteiger partial charge in [0.25, 0.3) is 5.56 Å². The minimum atomic E-state index is -0.428. The molecule has 0 saturated carbocycles. The molecule has 35 heavy (non-hydrogen) atoms. The van der Waals surface area contributed by atoms with Crippen molar-refractivity contribution in [3.63, 3.8) is 0 Å².